The summed E-state index contributed by atoms with van der Waals surface area (Å²) in [6.07, 6.45) is 8.22. The van der Waals surface area contributed by atoms with Crippen molar-refractivity contribution in [2.75, 3.05) is 19.7 Å². The van der Waals surface area contributed by atoms with Crippen LogP contribution in [0.25, 0.3) is 5.69 Å². The van der Waals surface area contributed by atoms with E-state index in [4.69, 9.17) is 4.74 Å². The lowest BCUT2D eigenvalue weighted by molar-refractivity contribution is -0.00875. The molecule has 3 heterocycles. The third kappa shape index (κ3) is 4.02. The molecule has 4 nitrogen and oxygen atoms in total. The van der Waals surface area contributed by atoms with Gasteiger partial charge in [-0.25, -0.2) is 4.68 Å². The maximum absolute atomic E-state index is 6.33. The monoisotopic (exact) mass is 429 g/mol. The van der Waals surface area contributed by atoms with E-state index in [2.05, 4.69) is 95.3 Å². The number of hydrogen-bond acceptors (Lipinski definition) is 3. The smallest absolute Gasteiger partial charge is 0.0649 e. The number of aryl methyl sites for hydroxylation is 1. The first-order chi connectivity index (χ1) is 15.6. The van der Waals surface area contributed by atoms with E-state index in [1.165, 1.54) is 36.9 Å². The van der Waals surface area contributed by atoms with Gasteiger partial charge in [-0.3, -0.25) is 4.90 Å². The SMILES string of the molecule is CC(C)(c1ccnn1-c1ccccc1)N1CCC(CCc2ccccc2)(C2CCCO2)C1. The van der Waals surface area contributed by atoms with Gasteiger partial charge in [-0.1, -0.05) is 48.5 Å². The molecule has 0 N–H and O–H groups in total. The van der Waals surface area contributed by atoms with E-state index in [0.717, 1.165) is 31.8 Å². The predicted octanol–water partition coefficient (Wildman–Crippen LogP) is 5.61. The molecule has 32 heavy (non-hydrogen) atoms. The standard InChI is InChI=1S/C28H35N3O/c1-27(2,25-16-19-29-31(25)24-12-7-4-8-13-24)30-20-18-28(22-30,26-14-9-21-32-26)17-15-23-10-5-3-6-11-23/h3-8,10-13,16,19,26H,9,14-15,17-18,20-22H2,1-2H3. The van der Waals surface area contributed by atoms with Gasteiger partial charge in [0.2, 0.25) is 0 Å². The number of ether oxygens (including phenoxy) is 1. The highest BCUT2D eigenvalue weighted by molar-refractivity contribution is 5.34. The first-order valence-electron chi connectivity index (χ1n) is 12.1. The molecule has 2 aromatic carbocycles. The van der Waals surface area contributed by atoms with Gasteiger partial charge in [0, 0.05) is 24.8 Å². The van der Waals surface area contributed by atoms with E-state index in [1.54, 1.807) is 0 Å². The van der Waals surface area contributed by atoms with Crippen LogP contribution >= 0.6 is 0 Å². The van der Waals surface area contributed by atoms with Gasteiger partial charge in [0.05, 0.1) is 23.0 Å². The second-order valence-corrected chi connectivity index (χ2v) is 10.0. The van der Waals surface area contributed by atoms with Crippen molar-refractivity contribution in [1.82, 2.24) is 14.7 Å². The van der Waals surface area contributed by atoms with E-state index in [0.29, 0.717) is 6.10 Å². The minimum absolute atomic E-state index is 0.112. The molecule has 4 heteroatoms. The van der Waals surface area contributed by atoms with Crippen LogP contribution in [0.3, 0.4) is 0 Å². The fourth-order valence-electron chi connectivity index (χ4n) is 5.80. The van der Waals surface area contributed by atoms with Crippen LogP contribution in [0.2, 0.25) is 0 Å². The number of likely N-dealkylation sites (tertiary alicyclic amines) is 1. The van der Waals surface area contributed by atoms with Gasteiger partial charge in [0.25, 0.3) is 0 Å². The zero-order valence-electron chi connectivity index (χ0n) is 19.4. The van der Waals surface area contributed by atoms with Crippen molar-refractivity contribution in [2.24, 2.45) is 5.41 Å². The molecular weight excluding hydrogens is 394 g/mol. The summed E-state index contributed by atoms with van der Waals surface area (Å²) < 4.78 is 8.44. The van der Waals surface area contributed by atoms with Gasteiger partial charge in [-0.15, -0.1) is 0 Å². The molecule has 0 spiro atoms. The van der Waals surface area contributed by atoms with Crippen molar-refractivity contribution in [3.05, 3.63) is 84.2 Å². The Kier molecular flexibility index (Phi) is 5.92. The van der Waals surface area contributed by atoms with Gasteiger partial charge >= 0.3 is 0 Å². The van der Waals surface area contributed by atoms with Crippen molar-refractivity contribution >= 4 is 0 Å². The van der Waals surface area contributed by atoms with Crippen LogP contribution in [0.1, 0.15) is 50.8 Å². The second-order valence-electron chi connectivity index (χ2n) is 10.0. The summed E-state index contributed by atoms with van der Waals surface area (Å²) in [7, 11) is 0. The van der Waals surface area contributed by atoms with E-state index in [9.17, 15) is 0 Å². The molecule has 2 atom stereocenters. The van der Waals surface area contributed by atoms with Gasteiger partial charge in [0.1, 0.15) is 0 Å². The van der Waals surface area contributed by atoms with Gasteiger partial charge in [0.15, 0.2) is 0 Å². The maximum Gasteiger partial charge on any atom is 0.0649 e. The summed E-state index contributed by atoms with van der Waals surface area (Å²) >= 11 is 0. The Bertz CT molecular complexity index is 1010. The minimum Gasteiger partial charge on any atom is -0.378 e. The Morgan fingerprint density at radius 2 is 1.78 bits per heavy atom. The molecule has 0 radical (unpaired) electrons. The van der Waals surface area contributed by atoms with Crippen molar-refractivity contribution in [3.8, 4) is 5.69 Å². The normalized spacial score (nSPS) is 24.2. The third-order valence-electron chi connectivity index (χ3n) is 7.81. The highest BCUT2D eigenvalue weighted by Gasteiger charge is 2.49. The van der Waals surface area contributed by atoms with Crippen LogP contribution in [0.5, 0.6) is 0 Å². The highest BCUT2D eigenvalue weighted by Crippen LogP contribution is 2.47. The fraction of sp³-hybridized carbons (Fsp3) is 0.464. The van der Waals surface area contributed by atoms with Crippen LogP contribution in [-0.2, 0) is 16.7 Å². The molecule has 0 aliphatic carbocycles. The molecule has 3 aromatic rings. The molecular formula is C28H35N3O. The van der Waals surface area contributed by atoms with Gasteiger partial charge in [-0.2, -0.15) is 5.10 Å². The minimum atomic E-state index is -0.112. The van der Waals surface area contributed by atoms with Crippen molar-refractivity contribution in [2.45, 2.75) is 57.6 Å². The summed E-state index contributed by atoms with van der Waals surface area (Å²) in [4.78, 5) is 2.68. The Morgan fingerprint density at radius 3 is 2.50 bits per heavy atom. The molecule has 2 saturated heterocycles. The fourth-order valence-corrected chi connectivity index (χ4v) is 5.80. The van der Waals surface area contributed by atoms with E-state index in [1.807, 2.05) is 6.20 Å². The molecule has 2 aliphatic heterocycles. The lowest BCUT2D eigenvalue weighted by atomic mass is 9.75. The molecule has 168 valence electrons. The second kappa shape index (κ2) is 8.84. The van der Waals surface area contributed by atoms with E-state index >= 15 is 0 Å². The molecule has 1 aromatic heterocycles. The summed E-state index contributed by atoms with van der Waals surface area (Å²) in [5.74, 6) is 0. The first kappa shape index (κ1) is 21.4. The number of para-hydroxylation sites is 1. The van der Waals surface area contributed by atoms with Crippen LogP contribution < -0.4 is 0 Å². The van der Waals surface area contributed by atoms with Crippen molar-refractivity contribution in [1.29, 1.82) is 0 Å². The van der Waals surface area contributed by atoms with Crippen molar-refractivity contribution < 1.29 is 4.74 Å². The molecule has 2 fully saturated rings. The van der Waals surface area contributed by atoms with Crippen LogP contribution in [0, 0.1) is 5.41 Å². The average Bonchev–Trinajstić information content (AvgIpc) is 3.60. The topological polar surface area (TPSA) is 30.3 Å². The summed E-state index contributed by atoms with van der Waals surface area (Å²) in [6, 6.07) is 23.6. The molecule has 0 bridgehead atoms. The number of nitrogens with zero attached hydrogens (tertiary/aromatic N) is 3. The largest absolute Gasteiger partial charge is 0.378 e. The zero-order chi connectivity index (χ0) is 22.0. The van der Waals surface area contributed by atoms with Gasteiger partial charge in [-0.05, 0) is 76.3 Å². The lowest BCUT2D eigenvalue weighted by Gasteiger charge is -2.40. The van der Waals surface area contributed by atoms with Crippen LogP contribution in [0.15, 0.2) is 72.9 Å². The van der Waals surface area contributed by atoms with Crippen LogP contribution in [-0.4, -0.2) is 40.5 Å². The van der Waals surface area contributed by atoms with Crippen molar-refractivity contribution in [3.63, 3.8) is 0 Å². The summed E-state index contributed by atoms with van der Waals surface area (Å²) in [5.41, 5.74) is 3.91. The number of benzene rings is 2. The molecule has 5 rings (SSSR count). The maximum atomic E-state index is 6.33. The lowest BCUT2D eigenvalue weighted by Crippen LogP contribution is -2.45. The molecule has 2 aliphatic rings. The molecule has 0 saturated carbocycles. The quantitative estimate of drug-likeness (QED) is 0.489. The molecule has 2 unspecified atom stereocenters. The summed E-state index contributed by atoms with van der Waals surface area (Å²) in [5, 5.41) is 4.68. The first-order valence-corrected chi connectivity index (χ1v) is 12.1. The number of hydrogen-bond donors (Lipinski definition) is 0. The highest BCUT2D eigenvalue weighted by atomic mass is 16.5. The third-order valence-corrected chi connectivity index (χ3v) is 7.81. The Balaban J connectivity index is 1.40. The Morgan fingerprint density at radius 1 is 1.03 bits per heavy atom. The van der Waals surface area contributed by atoms with E-state index < -0.39 is 0 Å². The van der Waals surface area contributed by atoms with Crippen LogP contribution in [0.4, 0.5) is 0 Å². The Hall–Kier alpha value is -2.43. The number of aromatic nitrogens is 2. The van der Waals surface area contributed by atoms with E-state index in [-0.39, 0.29) is 11.0 Å². The number of rotatable bonds is 7. The zero-order valence-corrected chi connectivity index (χ0v) is 19.4. The average molecular weight is 430 g/mol. The Labute approximate surface area is 192 Å². The van der Waals surface area contributed by atoms with Gasteiger partial charge < -0.3 is 4.74 Å². The summed E-state index contributed by atoms with van der Waals surface area (Å²) in [6.45, 7) is 7.81. The predicted molar refractivity (Wildman–Crippen MR) is 129 cm³/mol. The molecule has 0 amide bonds.